The van der Waals surface area contributed by atoms with Crippen molar-refractivity contribution in [2.45, 2.75) is 13.8 Å². The number of fused-ring (bicyclic) bond motifs is 1. The van der Waals surface area contributed by atoms with Crippen molar-refractivity contribution in [3.63, 3.8) is 0 Å². The van der Waals surface area contributed by atoms with Crippen LogP contribution in [0.5, 0.6) is 0 Å². The Kier molecular flexibility index (Phi) is 4.22. The number of hydrogen-bond acceptors (Lipinski definition) is 2. The van der Waals surface area contributed by atoms with Gasteiger partial charge in [0, 0.05) is 25.4 Å². The van der Waals surface area contributed by atoms with Crippen molar-refractivity contribution < 1.29 is 4.79 Å². The molecule has 19 heavy (non-hydrogen) atoms. The molecule has 2 aromatic heterocycles. The molecule has 0 N–H and O–H groups in total. The molecular formula is C14H16ClN3O. The van der Waals surface area contributed by atoms with E-state index in [4.69, 9.17) is 11.6 Å². The van der Waals surface area contributed by atoms with Gasteiger partial charge in [-0.3, -0.25) is 9.20 Å². The van der Waals surface area contributed by atoms with Crippen LogP contribution in [0.4, 0.5) is 0 Å². The molecule has 0 aromatic carbocycles. The Bertz CT molecular complexity index is 614. The van der Waals surface area contributed by atoms with Crippen LogP contribution in [0.15, 0.2) is 30.5 Å². The number of amides is 1. The molecule has 2 aromatic rings. The highest BCUT2D eigenvalue weighted by Gasteiger charge is 2.09. The van der Waals surface area contributed by atoms with E-state index in [9.17, 15) is 4.79 Å². The van der Waals surface area contributed by atoms with Crippen molar-refractivity contribution in [2.24, 2.45) is 0 Å². The Hall–Kier alpha value is -1.81. The fourth-order valence-electron chi connectivity index (χ4n) is 1.93. The first kappa shape index (κ1) is 13.6. The molecule has 0 radical (unpaired) electrons. The molecule has 5 heteroatoms. The molecule has 0 bridgehead atoms. The van der Waals surface area contributed by atoms with Gasteiger partial charge in [-0.1, -0.05) is 17.7 Å². The Labute approximate surface area is 117 Å². The number of carbonyl (C=O) groups is 1. The molecule has 0 aliphatic heterocycles. The zero-order valence-corrected chi connectivity index (χ0v) is 11.8. The molecule has 0 aliphatic rings. The van der Waals surface area contributed by atoms with Crippen LogP contribution in [0.25, 0.3) is 11.7 Å². The number of hydrogen-bond donors (Lipinski definition) is 0. The lowest BCUT2D eigenvalue weighted by Crippen LogP contribution is -2.28. The van der Waals surface area contributed by atoms with Gasteiger partial charge in [0.15, 0.2) is 5.15 Å². The van der Waals surface area contributed by atoms with Crippen LogP contribution in [0, 0.1) is 0 Å². The molecule has 0 unspecified atom stereocenters. The van der Waals surface area contributed by atoms with Crippen molar-refractivity contribution in [3.8, 4) is 0 Å². The van der Waals surface area contributed by atoms with Crippen LogP contribution in [0.2, 0.25) is 5.15 Å². The molecule has 2 heterocycles. The lowest BCUT2D eigenvalue weighted by Gasteiger charge is -2.15. The van der Waals surface area contributed by atoms with Gasteiger partial charge in [-0.2, -0.15) is 0 Å². The van der Waals surface area contributed by atoms with Crippen molar-refractivity contribution >= 4 is 29.2 Å². The summed E-state index contributed by atoms with van der Waals surface area (Å²) in [5.41, 5.74) is 1.49. The average molecular weight is 278 g/mol. The summed E-state index contributed by atoms with van der Waals surface area (Å²) in [6.45, 7) is 5.30. The lowest BCUT2D eigenvalue weighted by atomic mass is 10.3. The highest BCUT2D eigenvalue weighted by atomic mass is 35.5. The monoisotopic (exact) mass is 277 g/mol. The van der Waals surface area contributed by atoms with Gasteiger partial charge < -0.3 is 4.90 Å². The standard InChI is InChI=1S/C14H16ClN3O/c1-3-17(4-2)13(19)9-8-11-14(15)16-12-7-5-6-10-18(11)12/h5-10H,3-4H2,1-2H3. The Balaban J connectivity index is 2.31. The van der Waals surface area contributed by atoms with E-state index in [1.807, 2.05) is 42.6 Å². The Morgan fingerprint density at radius 1 is 1.42 bits per heavy atom. The van der Waals surface area contributed by atoms with Crippen LogP contribution in [0.1, 0.15) is 19.5 Å². The smallest absolute Gasteiger partial charge is 0.246 e. The van der Waals surface area contributed by atoms with Gasteiger partial charge in [0.2, 0.25) is 5.91 Å². The summed E-state index contributed by atoms with van der Waals surface area (Å²) in [5, 5.41) is 0.398. The van der Waals surface area contributed by atoms with Crippen molar-refractivity contribution in [2.75, 3.05) is 13.1 Å². The summed E-state index contributed by atoms with van der Waals surface area (Å²) in [6.07, 6.45) is 5.12. The van der Waals surface area contributed by atoms with Crippen LogP contribution < -0.4 is 0 Å². The van der Waals surface area contributed by atoms with E-state index in [0.29, 0.717) is 18.2 Å². The summed E-state index contributed by atoms with van der Waals surface area (Å²) in [7, 11) is 0. The molecule has 4 nitrogen and oxygen atoms in total. The third-order valence-corrected chi connectivity index (χ3v) is 3.26. The van der Waals surface area contributed by atoms with E-state index in [2.05, 4.69) is 4.98 Å². The number of imidazole rings is 1. The van der Waals surface area contributed by atoms with Gasteiger partial charge >= 0.3 is 0 Å². The zero-order valence-electron chi connectivity index (χ0n) is 11.0. The minimum atomic E-state index is -0.0213. The van der Waals surface area contributed by atoms with Crippen LogP contribution in [-0.2, 0) is 4.79 Å². The van der Waals surface area contributed by atoms with Gasteiger partial charge in [0.1, 0.15) is 5.65 Å². The van der Waals surface area contributed by atoms with Gasteiger partial charge in [-0.15, -0.1) is 0 Å². The first-order valence-corrected chi connectivity index (χ1v) is 6.64. The van der Waals surface area contributed by atoms with Gasteiger partial charge in [0.05, 0.1) is 5.69 Å². The number of rotatable bonds is 4. The summed E-state index contributed by atoms with van der Waals surface area (Å²) in [5.74, 6) is -0.0213. The molecule has 0 fully saturated rings. The molecule has 2 rings (SSSR count). The van der Waals surface area contributed by atoms with E-state index in [1.165, 1.54) is 6.08 Å². The van der Waals surface area contributed by atoms with Crippen molar-refractivity contribution in [1.29, 1.82) is 0 Å². The summed E-state index contributed by atoms with van der Waals surface area (Å²) in [6, 6.07) is 5.66. The van der Waals surface area contributed by atoms with E-state index in [0.717, 1.165) is 11.3 Å². The first-order valence-electron chi connectivity index (χ1n) is 6.27. The quantitative estimate of drug-likeness (QED) is 0.806. The lowest BCUT2D eigenvalue weighted by molar-refractivity contribution is -0.125. The Morgan fingerprint density at radius 3 is 2.84 bits per heavy atom. The molecule has 0 aliphatic carbocycles. The second-order valence-electron chi connectivity index (χ2n) is 4.06. The SMILES string of the molecule is CCN(CC)C(=O)C=Cc1c(Cl)nc2ccccn12. The second-order valence-corrected chi connectivity index (χ2v) is 4.42. The van der Waals surface area contributed by atoms with E-state index in [-0.39, 0.29) is 5.91 Å². The van der Waals surface area contributed by atoms with E-state index < -0.39 is 0 Å². The van der Waals surface area contributed by atoms with Gasteiger partial charge in [-0.25, -0.2) is 4.98 Å². The van der Waals surface area contributed by atoms with E-state index in [1.54, 1.807) is 11.0 Å². The van der Waals surface area contributed by atoms with Crippen molar-refractivity contribution in [1.82, 2.24) is 14.3 Å². The second kappa shape index (κ2) is 5.89. The first-order chi connectivity index (χ1) is 9.17. The number of pyridine rings is 1. The predicted octanol–water partition coefficient (Wildman–Crippen LogP) is 2.87. The fraction of sp³-hybridized carbons (Fsp3) is 0.286. The fourth-order valence-corrected chi connectivity index (χ4v) is 2.17. The number of aromatic nitrogens is 2. The molecular weight excluding hydrogens is 262 g/mol. The number of carbonyl (C=O) groups excluding carboxylic acids is 1. The van der Waals surface area contributed by atoms with E-state index >= 15 is 0 Å². The van der Waals surface area contributed by atoms with Crippen LogP contribution in [0.3, 0.4) is 0 Å². The molecule has 0 atom stereocenters. The van der Waals surface area contributed by atoms with Crippen LogP contribution in [-0.4, -0.2) is 33.3 Å². The topological polar surface area (TPSA) is 37.6 Å². The molecule has 0 saturated heterocycles. The minimum Gasteiger partial charge on any atom is -0.340 e. The summed E-state index contributed by atoms with van der Waals surface area (Å²) in [4.78, 5) is 17.9. The average Bonchev–Trinajstić information content (AvgIpc) is 2.73. The molecule has 0 saturated carbocycles. The largest absolute Gasteiger partial charge is 0.340 e. The molecule has 100 valence electrons. The maximum Gasteiger partial charge on any atom is 0.246 e. The maximum absolute atomic E-state index is 11.9. The van der Waals surface area contributed by atoms with Crippen molar-refractivity contribution in [3.05, 3.63) is 41.3 Å². The van der Waals surface area contributed by atoms with Gasteiger partial charge in [0.25, 0.3) is 0 Å². The summed E-state index contributed by atoms with van der Waals surface area (Å²) < 4.78 is 1.86. The third kappa shape index (κ3) is 2.79. The minimum absolute atomic E-state index is 0.0213. The maximum atomic E-state index is 11.9. The number of nitrogens with zero attached hydrogens (tertiary/aromatic N) is 3. The number of likely N-dealkylation sites (N-methyl/N-ethyl adjacent to an activating group) is 1. The van der Waals surface area contributed by atoms with Crippen LogP contribution >= 0.6 is 11.6 Å². The zero-order chi connectivity index (χ0) is 13.8. The molecule has 0 spiro atoms. The number of halogens is 1. The highest BCUT2D eigenvalue weighted by molar-refractivity contribution is 6.31. The normalized spacial score (nSPS) is 11.3. The summed E-state index contributed by atoms with van der Waals surface area (Å²) >= 11 is 6.09. The third-order valence-electron chi connectivity index (χ3n) is 2.98. The highest BCUT2D eigenvalue weighted by Crippen LogP contribution is 2.18. The molecule has 1 amide bonds. The predicted molar refractivity (Wildman–Crippen MR) is 77.2 cm³/mol. The Morgan fingerprint density at radius 2 is 2.16 bits per heavy atom. The van der Waals surface area contributed by atoms with Gasteiger partial charge in [-0.05, 0) is 32.1 Å².